The van der Waals surface area contributed by atoms with Gasteiger partial charge in [-0.2, -0.15) is 5.10 Å². The van der Waals surface area contributed by atoms with Crippen LogP contribution in [0.3, 0.4) is 0 Å². The minimum Gasteiger partial charge on any atom is -0.465 e. The second kappa shape index (κ2) is 8.08. The first kappa shape index (κ1) is 21.8. The Morgan fingerprint density at radius 1 is 1.09 bits per heavy atom. The van der Waals surface area contributed by atoms with E-state index >= 15 is 0 Å². The third-order valence-corrected chi connectivity index (χ3v) is 6.05. The molecule has 0 bridgehead atoms. The van der Waals surface area contributed by atoms with Crippen LogP contribution in [-0.4, -0.2) is 50.1 Å². The second-order valence-corrected chi connectivity index (χ2v) is 8.11. The molecule has 1 fully saturated rings. The van der Waals surface area contributed by atoms with Crippen molar-refractivity contribution in [1.82, 2.24) is 19.5 Å². The molecule has 0 saturated carbocycles. The first-order chi connectivity index (χ1) is 16.2. The molecule has 0 atom stereocenters. The van der Waals surface area contributed by atoms with Crippen molar-refractivity contribution in [2.75, 3.05) is 13.1 Å². The van der Waals surface area contributed by atoms with Crippen LogP contribution < -0.4 is 10.3 Å². The molecule has 1 aliphatic rings. The molecule has 1 aliphatic heterocycles. The van der Waals surface area contributed by atoms with Gasteiger partial charge in [-0.3, -0.25) is 4.79 Å². The average molecular weight is 472 g/mol. The zero-order chi connectivity index (χ0) is 24.0. The predicted molar refractivity (Wildman–Crippen MR) is 117 cm³/mol. The number of H-pyrrole nitrogens is 1. The topological polar surface area (TPSA) is 99.9 Å². The molecule has 8 nitrogen and oxygen atoms in total. The van der Waals surface area contributed by atoms with Crippen molar-refractivity contribution in [1.29, 1.82) is 0 Å². The second-order valence-electron chi connectivity index (χ2n) is 8.11. The van der Waals surface area contributed by atoms with Gasteiger partial charge in [-0.1, -0.05) is 30.3 Å². The molecule has 34 heavy (non-hydrogen) atoms. The van der Waals surface area contributed by atoms with Gasteiger partial charge in [-0.25, -0.2) is 9.31 Å². The third-order valence-electron chi connectivity index (χ3n) is 6.05. The highest BCUT2D eigenvalue weighted by molar-refractivity contribution is 6.04. The van der Waals surface area contributed by atoms with E-state index in [1.807, 2.05) is 0 Å². The predicted octanol–water partition coefficient (Wildman–Crippen LogP) is 4.60. The van der Waals surface area contributed by atoms with Crippen LogP contribution in [-0.2, 0) is 0 Å². The van der Waals surface area contributed by atoms with Crippen LogP contribution in [0.15, 0.2) is 53.3 Å². The fourth-order valence-corrected chi connectivity index (χ4v) is 4.57. The average Bonchev–Trinajstić information content (AvgIpc) is 3.16. The maximum absolute atomic E-state index is 13.0. The van der Waals surface area contributed by atoms with Crippen molar-refractivity contribution in [2.45, 2.75) is 25.1 Å². The SMILES string of the molecule is O=C(O)N1CCC(c2cc(=O)[nH]c3c4c(-c5ccccc5OC(F)(F)F)cccc4nn23)CC1. The van der Waals surface area contributed by atoms with E-state index in [0.717, 1.165) is 0 Å². The highest BCUT2D eigenvalue weighted by Gasteiger charge is 2.32. The fraction of sp³-hybridized carbons (Fsp3) is 0.261. The lowest BCUT2D eigenvalue weighted by atomic mass is 9.93. The van der Waals surface area contributed by atoms with Crippen LogP contribution in [0.4, 0.5) is 18.0 Å². The molecule has 5 rings (SSSR count). The maximum atomic E-state index is 13.0. The summed E-state index contributed by atoms with van der Waals surface area (Å²) in [5, 5.41) is 14.3. The van der Waals surface area contributed by atoms with E-state index in [9.17, 15) is 27.9 Å². The highest BCUT2D eigenvalue weighted by atomic mass is 19.4. The number of piperidine rings is 1. The number of carbonyl (C=O) groups is 1. The molecule has 0 aliphatic carbocycles. The monoisotopic (exact) mass is 472 g/mol. The smallest absolute Gasteiger partial charge is 0.465 e. The van der Waals surface area contributed by atoms with Gasteiger partial charge < -0.3 is 19.7 Å². The quantitative estimate of drug-likeness (QED) is 0.454. The number of aromatic nitrogens is 3. The Bertz CT molecular complexity index is 1450. The van der Waals surface area contributed by atoms with E-state index in [1.165, 1.54) is 29.2 Å². The molecule has 2 N–H and O–H groups in total. The standard InChI is InChI=1S/C23H19F3N4O4/c24-23(25,26)34-18-7-2-1-4-14(18)15-5-3-6-16-20(15)21-27-19(31)12-17(30(21)28-16)13-8-10-29(11-9-13)22(32)33/h1-7,12-13H,8-11H2,(H,27,31)(H,32,33). The van der Waals surface area contributed by atoms with Gasteiger partial charge in [0.05, 0.1) is 16.6 Å². The molecule has 3 heterocycles. The number of likely N-dealkylation sites (tertiary alicyclic amines) is 1. The minimum atomic E-state index is -4.86. The molecule has 0 spiro atoms. The van der Waals surface area contributed by atoms with Crippen molar-refractivity contribution < 1.29 is 27.8 Å². The molecular weight excluding hydrogens is 453 g/mol. The molecule has 11 heteroatoms. The van der Waals surface area contributed by atoms with Crippen molar-refractivity contribution >= 4 is 22.6 Å². The van der Waals surface area contributed by atoms with E-state index in [-0.39, 0.29) is 22.8 Å². The number of nitrogens with one attached hydrogen (secondary N) is 1. The van der Waals surface area contributed by atoms with E-state index < -0.39 is 12.5 Å². The van der Waals surface area contributed by atoms with Crippen molar-refractivity contribution in [3.63, 3.8) is 0 Å². The van der Waals surface area contributed by atoms with Gasteiger partial charge in [0.15, 0.2) is 0 Å². The summed E-state index contributed by atoms with van der Waals surface area (Å²) in [6.45, 7) is 0.672. The van der Waals surface area contributed by atoms with Gasteiger partial charge in [0.1, 0.15) is 11.4 Å². The molecular formula is C23H19F3N4O4. The molecule has 0 unspecified atom stereocenters. The number of ether oxygens (including phenoxy) is 1. The Morgan fingerprint density at radius 2 is 1.79 bits per heavy atom. The summed E-state index contributed by atoms with van der Waals surface area (Å²) in [5.74, 6) is -0.458. The number of halogens is 3. The normalized spacial score (nSPS) is 15.2. The Balaban J connectivity index is 1.67. The van der Waals surface area contributed by atoms with E-state index in [2.05, 4.69) is 14.8 Å². The highest BCUT2D eigenvalue weighted by Crippen LogP contribution is 2.39. The number of para-hydroxylation sites is 1. The van der Waals surface area contributed by atoms with Gasteiger partial charge in [0.2, 0.25) is 0 Å². The van der Waals surface area contributed by atoms with Crippen LogP contribution in [0.5, 0.6) is 5.75 Å². The lowest BCUT2D eigenvalue weighted by molar-refractivity contribution is -0.274. The summed E-state index contributed by atoms with van der Waals surface area (Å²) >= 11 is 0. The summed E-state index contributed by atoms with van der Waals surface area (Å²) in [7, 11) is 0. The summed E-state index contributed by atoms with van der Waals surface area (Å²) < 4.78 is 44.9. The lowest BCUT2D eigenvalue weighted by Crippen LogP contribution is -2.37. The summed E-state index contributed by atoms with van der Waals surface area (Å²) in [5.41, 5.74) is 1.74. The summed E-state index contributed by atoms with van der Waals surface area (Å²) in [4.78, 5) is 27.9. The number of carboxylic acid groups (broad SMARTS) is 1. The fourth-order valence-electron chi connectivity index (χ4n) is 4.57. The zero-order valence-corrected chi connectivity index (χ0v) is 17.7. The van der Waals surface area contributed by atoms with E-state index in [4.69, 9.17) is 0 Å². The molecule has 2 aromatic carbocycles. The number of fused-ring (bicyclic) bond motifs is 3. The van der Waals surface area contributed by atoms with E-state index in [1.54, 1.807) is 28.8 Å². The number of benzene rings is 2. The van der Waals surface area contributed by atoms with Gasteiger partial charge in [-0.05, 0) is 30.5 Å². The largest absolute Gasteiger partial charge is 0.573 e. The zero-order valence-electron chi connectivity index (χ0n) is 17.7. The first-order valence-corrected chi connectivity index (χ1v) is 10.6. The van der Waals surface area contributed by atoms with Gasteiger partial charge in [-0.15, -0.1) is 13.2 Å². The Hall–Kier alpha value is -4.02. The number of hydrogen-bond donors (Lipinski definition) is 2. The van der Waals surface area contributed by atoms with Gasteiger partial charge >= 0.3 is 12.5 Å². The summed E-state index contributed by atoms with van der Waals surface area (Å²) in [6, 6.07) is 12.3. The Morgan fingerprint density at radius 3 is 2.50 bits per heavy atom. The van der Waals surface area contributed by atoms with Crippen LogP contribution in [0.25, 0.3) is 27.7 Å². The van der Waals surface area contributed by atoms with E-state index in [0.29, 0.717) is 53.7 Å². The Labute approximate surface area is 190 Å². The van der Waals surface area contributed by atoms with Crippen LogP contribution in [0.2, 0.25) is 0 Å². The molecule has 176 valence electrons. The van der Waals surface area contributed by atoms with Crippen LogP contribution in [0, 0.1) is 0 Å². The molecule has 2 aromatic heterocycles. The van der Waals surface area contributed by atoms with Crippen LogP contribution in [0.1, 0.15) is 24.5 Å². The maximum Gasteiger partial charge on any atom is 0.573 e. The van der Waals surface area contributed by atoms with Gasteiger partial charge in [0, 0.05) is 30.6 Å². The molecule has 1 saturated heterocycles. The molecule has 4 aromatic rings. The van der Waals surface area contributed by atoms with Crippen LogP contribution >= 0.6 is 0 Å². The number of alkyl halides is 3. The van der Waals surface area contributed by atoms with Crippen molar-refractivity contribution in [2.24, 2.45) is 0 Å². The molecule has 0 radical (unpaired) electrons. The first-order valence-electron chi connectivity index (χ1n) is 10.6. The summed E-state index contributed by atoms with van der Waals surface area (Å²) in [6.07, 6.45) is -4.80. The number of hydrogen-bond acceptors (Lipinski definition) is 4. The van der Waals surface area contributed by atoms with Gasteiger partial charge in [0.25, 0.3) is 5.56 Å². The third kappa shape index (κ3) is 3.93. The number of nitrogens with zero attached hydrogens (tertiary/aromatic N) is 3. The van der Waals surface area contributed by atoms with Crippen molar-refractivity contribution in [3.8, 4) is 16.9 Å². The Kier molecular flexibility index (Phi) is 5.18. The van der Waals surface area contributed by atoms with Crippen molar-refractivity contribution in [3.05, 3.63) is 64.6 Å². The molecule has 1 amide bonds. The number of aromatic amines is 1. The number of rotatable bonds is 3. The lowest BCUT2D eigenvalue weighted by Gasteiger charge is -2.30. The minimum absolute atomic E-state index is 0.0981. The number of amides is 1.